The number of carbonyl (C=O) groups excluding carboxylic acids is 1. The lowest BCUT2D eigenvalue weighted by atomic mass is 9.91. The Balaban J connectivity index is 2.15. The van der Waals surface area contributed by atoms with E-state index in [1.807, 2.05) is 0 Å². The lowest BCUT2D eigenvalue weighted by Crippen LogP contribution is -2.52. The van der Waals surface area contributed by atoms with E-state index in [2.05, 4.69) is 10.1 Å². The topological polar surface area (TPSA) is 100 Å². The van der Waals surface area contributed by atoms with Crippen molar-refractivity contribution in [2.24, 2.45) is 0 Å². The number of H-pyrrole nitrogens is 1. The maximum atomic E-state index is 13.4. The number of halogens is 3. The van der Waals surface area contributed by atoms with Gasteiger partial charge in [0, 0.05) is 21.2 Å². The highest BCUT2D eigenvalue weighted by Crippen LogP contribution is 2.40. The molecule has 1 aromatic heterocycles. The first kappa shape index (κ1) is 23.6. The van der Waals surface area contributed by atoms with Crippen LogP contribution in [0, 0.1) is 0 Å². The van der Waals surface area contributed by atoms with Crippen molar-refractivity contribution < 1.29 is 9.28 Å². The van der Waals surface area contributed by atoms with Crippen LogP contribution in [0.4, 0.5) is 4.48 Å². The molecular weight excluding hydrogens is 480 g/mol. The van der Waals surface area contributed by atoms with Crippen molar-refractivity contribution in [3.05, 3.63) is 90.7 Å². The van der Waals surface area contributed by atoms with E-state index >= 15 is 0 Å². The Morgan fingerprint density at radius 2 is 1.78 bits per heavy atom. The van der Waals surface area contributed by atoms with Crippen LogP contribution in [0.2, 0.25) is 10.0 Å². The Hall–Kier alpha value is -3.08. The van der Waals surface area contributed by atoms with Gasteiger partial charge in [0.15, 0.2) is 0 Å². The molecule has 8 nitrogen and oxygen atoms in total. The summed E-state index contributed by atoms with van der Waals surface area (Å²) in [5, 5.41) is 3.40. The van der Waals surface area contributed by atoms with E-state index in [9.17, 15) is 18.9 Å². The largest absolute Gasteiger partial charge is 0.349 e. The lowest BCUT2D eigenvalue weighted by Gasteiger charge is -2.39. The van der Waals surface area contributed by atoms with Crippen molar-refractivity contribution in [3.8, 4) is 5.69 Å². The van der Waals surface area contributed by atoms with Gasteiger partial charge in [-0.15, -0.1) is 4.48 Å². The Morgan fingerprint density at radius 3 is 2.31 bits per heavy atom. The fraction of sp³-hybridized carbons (Fsp3) is 0.150. The number of hydrogen-bond acceptors (Lipinski definition) is 5. The van der Waals surface area contributed by atoms with Crippen molar-refractivity contribution in [1.29, 1.82) is 0 Å². The standard InChI is InChI=1S/C20H16Cl2FN5O3S/c1-20(2,27(19(32)26-23)17(30)11-6-4-3-5-7-11)16-13(21)8-12(9-14(16)22)28-18(31)25-15(29)10-24-28/h3-10H,1-2H3,(H,26,32)(H,25,29,31). The van der Waals surface area contributed by atoms with Gasteiger partial charge in [0.2, 0.25) is 5.11 Å². The summed E-state index contributed by atoms with van der Waals surface area (Å²) in [6.45, 7) is 3.18. The van der Waals surface area contributed by atoms with Crippen LogP contribution in [0.5, 0.6) is 0 Å². The van der Waals surface area contributed by atoms with Crippen LogP contribution >= 0.6 is 35.4 Å². The fourth-order valence-corrected chi connectivity index (χ4v) is 4.52. The molecule has 1 heterocycles. The molecule has 0 atom stereocenters. The molecule has 12 heteroatoms. The highest BCUT2D eigenvalue weighted by atomic mass is 35.5. The van der Waals surface area contributed by atoms with E-state index in [1.165, 1.54) is 17.7 Å². The van der Waals surface area contributed by atoms with Gasteiger partial charge in [-0.3, -0.25) is 19.5 Å². The normalized spacial score (nSPS) is 11.2. The number of benzene rings is 2. The zero-order valence-corrected chi connectivity index (χ0v) is 19.1. The Morgan fingerprint density at radius 1 is 1.19 bits per heavy atom. The number of hydrogen-bond donors (Lipinski definition) is 2. The van der Waals surface area contributed by atoms with Gasteiger partial charge in [-0.1, -0.05) is 41.4 Å². The van der Waals surface area contributed by atoms with Crippen molar-refractivity contribution in [3.63, 3.8) is 0 Å². The summed E-state index contributed by atoms with van der Waals surface area (Å²) in [7, 11) is 0. The van der Waals surface area contributed by atoms with Crippen molar-refractivity contribution >= 4 is 46.4 Å². The second-order valence-electron chi connectivity index (χ2n) is 7.10. The molecule has 0 spiro atoms. The fourth-order valence-electron chi connectivity index (χ4n) is 3.27. The lowest BCUT2D eigenvalue weighted by molar-refractivity contribution is 0.0714. The first-order valence-corrected chi connectivity index (χ1v) is 10.2. The van der Waals surface area contributed by atoms with E-state index in [0.29, 0.717) is 0 Å². The maximum Gasteiger partial charge on any atom is 0.349 e. The molecule has 2 aromatic carbocycles. The molecule has 0 radical (unpaired) electrons. The molecule has 0 fully saturated rings. The zero-order valence-electron chi connectivity index (χ0n) is 16.7. The third kappa shape index (κ3) is 4.43. The maximum absolute atomic E-state index is 13.4. The minimum atomic E-state index is -1.32. The second-order valence-corrected chi connectivity index (χ2v) is 8.30. The van der Waals surface area contributed by atoms with E-state index in [0.717, 1.165) is 15.8 Å². The van der Waals surface area contributed by atoms with Gasteiger partial charge >= 0.3 is 5.69 Å². The second kappa shape index (κ2) is 9.19. The van der Waals surface area contributed by atoms with Crippen LogP contribution in [-0.2, 0) is 5.54 Å². The molecule has 0 aliphatic rings. The number of nitrogens with one attached hydrogen (secondary N) is 2. The van der Waals surface area contributed by atoms with E-state index in [4.69, 9.17) is 35.4 Å². The number of amides is 1. The van der Waals surface area contributed by atoms with Crippen LogP contribution in [0.25, 0.3) is 5.69 Å². The van der Waals surface area contributed by atoms with E-state index in [-0.39, 0.29) is 26.9 Å². The Labute approximate surface area is 196 Å². The molecule has 32 heavy (non-hydrogen) atoms. The number of aromatic amines is 1. The Kier molecular flexibility index (Phi) is 6.77. The number of nitrogens with zero attached hydrogens (tertiary/aromatic N) is 3. The van der Waals surface area contributed by atoms with Gasteiger partial charge in [0.1, 0.15) is 6.20 Å². The number of thiocarbonyl (C=S) groups is 1. The summed E-state index contributed by atoms with van der Waals surface area (Å²) in [5.74, 6) is -0.583. The molecule has 0 saturated carbocycles. The van der Waals surface area contributed by atoms with Crippen LogP contribution in [0.3, 0.4) is 0 Å². The molecule has 2 N–H and O–H groups in total. The molecular formula is C20H16Cl2FN5O3S. The van der Waals surface area contributed by atoms with Crippen molar-refractivity contribution in [1.82, 2.24) is 25.2 Å². The van der Waals surface area contributed by atoms with E-state index in [1.54, 1.807) is 44.2 Å². The first-order chi connectivity index (χ1) is 15.1. The Bertz CT molecular complexity index is 1290. The summed E-state index contributed by atoms with van der Waals surface area (Å²) in [6.07, 6.45) is 0.923. The summed E-state index contributed by atoms with van der Waals surface area (Å²) < 4.78 is 14.3. The van der Waals surface area contributed by atoms with Gasteiger partial charge in [0.05, 0.1) is 11.2 Å². The molecule has 0 unspecified atom stereocenters. The van der Waals surface area contributed by atoms with Gasteiger partial charge in [-0.2, -0.15) is 15.3 Å². The predicted octanol–water partition coefficient (Wildman–Crippen LogP) is 3.36. The van der Waals surface area contributed by atoms with Gasteiger partial charge in [-0.05, 0) is 50.3 Å². The smallest absolute Gasteiger partial charge is 0.273 e. The quantitative estimate of drug-likeness (QED) is 0.425. The average Bonchev–Trinajstić information content (AvgIpc) is 2.73. The molecule has 0 aliphatic heterocycles. The SMILES string of the molecule is CC(C)(c1c(Cl)cc(-n2ncc(=O)[nH]c2=O)cc1Cl)N(C(=O)c1ccccc1)C(=S)NF. The summed E-state index contributed by atoms with van der Waals surface area (Å²) in [5.41, 5.74) is -0.736. The molecule has 1 amide bonds. The molecule has 3 aromatic rings. The van der Waals surface area contributed by atoms with Crippen molar-refractivity contribution in [2.75, 3.05) is 0 Å². The summed E-state index contributed by atoms with van der Waals surface area (Å²) in [4.78, 5) is 39.6. The molecule has 0 saturated heterocycles. The monoisotopic (exact) mass is 495 g/mol. The average molecular weight is 496 g/mol. The van der Waals surface area contributed by atoms with Crippen LogP contribution < -0.4 is 16.8 Å². The van der Waals surface area contributed by atoms with Crippen molar-refractivity contribution in [2.45, 2.75) is 19.4 Å². The number of rotatable bonds is 4. The van der Waals surface area contributed by atoms with Gasteiger partial charge in [-0.25, -0.2) is 4.79 Å². The molecule has 0 bridgehead atoms. The third-order valence-corrected chi connectivity index (χ3v) is 5.52. The highest BCUT2D eigenvalue weighted by molar-refractivity contribution is 7.80. The minimum Gasteiger partial charge on any atom is -0.273 e. The zero-order chi connectivity index (χ0) is 23.6. The number of carbonyl (C=O) groups is 1. The summed E-state index contributed by atoms with van der Waals surface area (Å²) >= 11 is 18.1. The predicted molar refractivity (Wildman–Crippen MR) is 123 cm³/mol. The summed E-state index contributed by atoms with van der Waals surface area (Å²) in [6, 6.07) is 10.9. The molecule has 3 rings (SSSR count). The van der Waals surface area contributed by atoms with Crippen LogP contribution in [-0.4, -0.2) is 30.7 Å². The van der Waals surface area contributed by atoms with Crippen LogP contribution in [0.1, 0.15) is 29.8 Å². The third-order valence-electron chi connectivity index (χ3n) is 4.66. The van der Waals surface area contributed by atoms with Crippen LogP contribution in [0.15, 0.2) is 58.3 Å². The first-order valence-electron chi connectivity index (χ1n) is 9.06. The molecule has 166 valence electrons. The number of aromatic nitrogens is 3. The van der Waals surface area contributed by atoms with E-state index < -0.39 is 27.8 Å². The van der Waals surface area contributed by atoms with Gasteiger partial charge in [0.25, 0.3) is 11.5 Å². The highest BCUT2D eigenvalue weighted by Gasteiger charge is 2.39. The van der Waals surface area contributed by atoms with Gasteiger partial charge < -0.3 is 0 Å². The molecule has 0 aliphatic carbocycles. The minimum absolute atomic E-state index is 0.0601.